The van der Waals surface area contributed by atoms with Crippen molar-refractivity contribution in [2.24, 2.45) is 5.92 Å². The van der Waals surface area contributed by atoms with Gasteiger partial charge in [0, 0.05) is 24.7 Å². The minimum absolute atomic E-state index is 0.0796. The topological polar surface area (TPSA) is 104 Å². The average Bonchev–Trinajstić information content (AvgIpc) is 2.61. The molecular formula is C18H26N2O5S. The summed E-state index contributed by atoms with van der Waals surface area (Å²) >= 11 is 0. The molecule has 0 unspecified atom stereocenters. The summed E-state index contributed by atoms with van der Waals surface area (Å²) in [6.45, 7) is 3.56. The van der Waals surface area contributed by atoms with Gasteiger partial charge < -0.3 is 10.4 Å². The van der Waals surface area contributed by atoms with E-state index in [0.717, 1.165) is 0 Å². The lowest BCUT2D eigenvalue weighted by Gasteiger charge is -2.27. The van der Waals surface area contributed by atoms with E-state index in [1.165, 1.54) is 23.5 Å². The van der Waals surface area contributed by atoms with Crippen molar-refractivity contribution in [3.63, 3.8) is 0 Å². The number of carboxylic acid groups (broad SMARTS) is 1. The molecule has 1 amide bonds. The van der Waals surface area contributed by atoms with Gasteiger partial charge in [0.1, 0.15) is 0 Å². The number of amides is 1. The number of nitrogens with one attached hydrogen (secondary N) is 1. The number of carboxylic acids is 1. The highest BCUT2D eigenvalue weighted by molar-refractivity contribution is 7.89. The Bertz CT molecular complexity index is 768. The van der Waals surface area contributed by atoms with Gasteiger partial charge in [-0.2, -0.15) is 4.31 Å². The summed E-state index contributed by atoms with van der Waals surface area (Å²) < 4.78 is 26.4. The second kappa shape index (κ2) is 8.18. The Kier molecular flexibility index (Phi) is 6.41. The van der Waals surface area contributed by atoms with Gasteiger partial charge in [-0.1, -0.05) is 6.07 Å². The molecule has 0 aliphatic heterocycles. The zero-order chi connectivity index (χ0) is 19.5. The number of sulfonamides is 1. The fourth-order valence-corrected chi connectivity index (χ4v) is 4.41. The van der Waals surface area contributed by atoms with Crippen molar-refractivity contribution in [3.05, 3.63) is 29.8 Å². The Hall–Kier alpha value is -1.93. The van der Waals surface area contributed by atoms with Gasteiger partial charge in [0.25, 0.3) is 5.91 Å². The van der Waals surface area contributed by atoms with E-state index < -0.39 is 16.0 Å². The van der Waals surface area contributed by atoms with Crippen LogP contribution in [0.3, 0.4) is 0 Å². The fraction of sp³-hybridized carbons (Fsp3) is 0.556. The molecule has 1 aliphatic rings. The van der Waals surface area contributed by atoms with Crippen LogP contribution in [-0.2, 0) is 14.8 Å². The molecule has 0 aromatic heterocycles. The van der Waals surface area contributed by atoms with Crippen LogP contribution in [0.25, 0.3) is 0 Å². The Morgan fingerprint density at radius 2 is 1.81 bits per heavy atom. The van der Waals surface area contributed by atoms with Gasteiger partial charge in [0.15, 0.2) is 0 Å². The van der Waals surface area contributed by atoms with Crippen molar-refractivity contribution >= 4 is 21.9 Å². The van der Waals surface area contributed by atoms with Gasteiger partial charge in [-0.15, -0.1) is 0 Å². The average molecular weight is 382 g/mol. The zero-order valence-electron chi connectivity index (χ0n) is 15.3. The molecule has 26 heavy (non-hydrogen) atoms. The normalized spacial score (nSPS) is 21.0. The van der Waals surface area contributed by atoms with E-state index in [4.69, 9.17) is 5.11 Å². The number of rotatable bonds is 6. The maximum absolute atomic E-state index is 12.6. The molecule has 0 saturated heterocycles. The van der Waals surface area contributed by atoms with Crippen LogP contribution >= 0.6 is 0 Å². The number of hydrogen-bond acceptors (Lipinski definition) is 4. The second-order valence-electron chi connectivity index (χ2n) is 7.00. The minimum Gasteiger partial charge on any atom is -0.481 e. The van der Waals surface area contributed by atoms with Crippen LogP contribution in [0.4, 0.5) is 0 Å². The fourth-order valence-electron chi connectivity index (χ4n) is 3.00. The maximum Gasteiger partial charge on any atom is 0.306 e. The standard InChI is InChI=1S/C18H26N2O5S/c1-12(2)20(3)26(24,25)16-6-4-5-14(11-16)17(21)19-15-9-7-13(8-10-15)18(22)23/h4-6,11-13,15H,7-10H2,1-3H3,(H,19,21)(H,22,23). The van der Waals surface area contributed by atoms with Gasteiger partial charge in [0.05, 0.1) is 10.8 Å². The van der Waals surface area contributed by atoms with Gasteiger partial charge in [-0.25, -0.2) is 8.42 Å². The molecule has 0 radical (unpaired) electrons. The molecule has 1 saturated carbocycles. The summed E-state index contributed by atoms with van der Waals surface area (Å²) in [4.78, 5) is 23.5. The first-order valence-corrected chi connectivity index (χ1v) is 10.2. The highest BCUT2D eigenvalue weighted by atomic mass is 32.2. The van der Waals surface area contributed by atoms with Gasteiger partial charge in [-0.3, -0.25) is 9.59 Å². The van der Waals surface area contributed by atoms with Crippen LogP contribution in [0, 0.1) is 5.92 Å². The van der Waals surface area contributed by atoms with E-state index in [2.05, 4.69) is 5.32 Å². The molecule has 0 atom stereocenters. The number of nitrogens with zero attached hydrogens (tertiary/aromatic N) is 1. The number of benzene rings is 1. The van der Waals surface area contributed by atoms with E-state index in [-0.39, 0.29) is 34.4 Å². The second-order valence-corrected chi connectivity index (χ2v) is 9.00. The number of aliphatic carboxylic acids is 1. The summed E-state index contributed by atoms with van der Waals surface area (Å²) in [5, 5.41) is 11.9. The van der Waals surface area contributed by atoms with Gasteiger partial charge in [0.2, 0.25) is 10.0 Å². The molecule has 1 aromatic carbocycles. The first-order chi connectivity index (χ1) is 12.1. The minimum atomic E-state index is -3.66. The number of carbonyl (C=O) groups is 2. The van der Waals surface area contributed by atoms with Crippen molar-refractivity contribution in [2.75, 3.05) is 7.05 Å². The third kappa shape index (κ3) is 4.62. The predicted octanol–water partition coefficient (Wildman–Crippen LogP) is 2.09. The quantitative estimate of drug-likeness (QED) is 0.784. The molecule has 144 valence electrons. The van der Waals surface area contributed by atoms with E-state index in [0.29, 0.717) is 25.7 Å². The lowest BCUT2D eigenvalue weighted by molar-refractivity contribution is -0.142. The summed E-state index contributed by atoms with van der Waals surface area (Å²) in [5.41, 5.74) is 0.281. The van der Waals surface area contributed by atoms with E-state index in [9.17, 15) is 18.0 Å². The van der Waals surface area contributed by atoms with Crippen LogP contribution in [0.1, 0.15) is 49.9 Å². The molecule has 0 heterocycles. The number of hydrogen-bond donors (Lipinski definition) is 2. The number of carbonyl (C=O) groups excluding carboxylic acids is 1. The molecule has 8 heteroatoms. The zero-order valence-corrected chi connectivity index (χ0v) is 16.1. The Labute approximate surface area is 154 Å². The molecule has 2 N–H and O–H groups in total. The van der Waals surface area contributed by atoms with Crippen LogP contribution < -0.4 is 5.32 Å². The summed E-state index contributed by atoms with van der Waals surface area (Å²) in [6.07, 6.45) is 2.29. The summed E-state index contributed by atoms with van der Waals surface area (Å²) in [7, 11) is -2.15. The van der Waals surface area contributed by atoms with Crippen LogP contribution in [0.5, 0.6) is 0 Å². The first-order valence-electron chi connectivity index (χ1n) is 8.74. The molecule has 1 aromatic rings. The van der Waals surface area contributed by atoms with Crippen LogP contribution in [-0.4, -0.2) is 48.8 Å². The highest BCUT2D eigenvalue weighted by Gasteiger charge is 2.28. The summed E-state index contributed by atoms with van der Waals surface area (Å²) in [5.74, 6) is -1.47. The predicted molar refractivity (Wildman–Crippen MR) is 97.4 cm³/mol. The monoisotopic (exact) mass is 382 g/mol. The first kappa shape index (κ1) is 20.4. The van der Waals surface area contributed by atoms with E-state index in [1.54, 1.807) is 26.0 Å². The van der Waals surface area contributed by atoms with Crippen molar-refractivity contribution in [1.82, 2.24) is 9.62 Å². The lowest BCUT2D eigenvalue weighted by atomic mass is 9.86. The lowest BCUT2D eigenvalue weighted by Crippen LogP contribution is -2.39. The molecule has 7 nitrogen and oxygen atoms in total. The van der Waals surface area contributed by atoms with Crippen molar-refractivity contribution in [3.8, 4) is 0 Å². The van der Waals surface area contributed by atoms with Crippen molar-refractivity contribution in [1.29, 1.82) is 0 Å². The van der Waals surface area contributed by atoms with Crippen LogP contribution in [0.2, 0.25) is 0 Å². The van der Waals surface area contributed by atoms with E-state index in [1.807, 2.05) is 0 Å². The molecule has 1 aliphatic carbocycles. The Morgan fingerprint density at radius 1 is 1.19 bits per heavy atom. The molecule has 2 rings (SSSR count). The molecule has 1 fully saturated rings. The van der Waals surface area contributed by atoms with Gasteiger partial charge >= 0.3 is 5.97 Å². The Morgan fingerprint density at radius 3 is 2.35 bits per heavy atom. The molecule has 0 bridgehead atoms. The highest BCUT2D eigenvalue weighted by Crippen LogP contribution is 2.25. The molecule has 0 spiro atoms. The third-order valence-electron chi connectivity index (χ3n) is 4.91. The largest absolute Gasteiger partial charge is 0.481 e. The molecular weight excluding hydrogens is 356 g/mol. The Balaban J connectivity index is 2.08. The van der Waals surface area contributed by atoms with Crippen molar-refractivity contribution < 1.29 is 23.1 Å². The van der Waals surface area contributed by atoms with Gasteiger partial charge in [-0.05, 0) is 57.7 Å². The SMILES string of the molecule is CC(C)N(C)S(=O)(=O)c1cccc(C(=O)NC2CCC(C(=O)O)CC2)c1. The van der Waals surface area contributed by atoms with Crippen LogP contribution in [0.15, 0.2) is 29.2 Å². The summed E-state index contributed by atoms with van der Waals surface area (Å²) in [6, 6.07) is 5.71. The maximum atomic E-state index is 12.6. The smallest absolute Gasteiger partial charge is 0.306 e. The van der Waals surface area contributed by atoms with Crippen molar-refractivity contribution in [2.45, 2.75) is 56.5 Å². The van der Waals surface area contributed by atoms with E-state index >= 15 is 0 Å². The third-order valence-corrected chi connectivity index (χ3v) is 6.94.